The van der Waals surface area contributed by atoms with E-state index in [0.29, 0.717) is 9.32 Å². The van der Waals surface area contributed by atoms with E-state index in [9.17, 15) is 8.78 Å². The molecular formula is C7H5F2I2NO. The summed E-state index contributed by atoms with van der Waals surface area (Å²) < 4.78 is 30.8. The average Bonchev–Trinajstić information content (AvgIpc) is 2.04. The van der Waals surface area contributed by atoms with Crippen LogP contribution < -0.4 is 4.74 Å². The Bertz CT molecular complexity index is 320. The van der Waals surface area contributed by atoms with E-state index in [1.54, 1.807) is 0 Å². The van der Waals surface area contributed by atoms with Crippen molar-refractivity contribution in [1.29, 1.82) is 0 Å². The summed E-state index contributed by atoms with van der Waals surface area (Å²) in [6.45, 7) is 0. The predicted octanol–water partition coefficient (Wildman–Crippen LogP) is 3.24. The number of nitrogens with zero attached hydrogens (tertiary/aromatic N) is 1. The summed E-state index contributed by atoms with van der Waals surface area (Å²) in [4.78, 5) is 3.64. The van der Waals surface area contributed by atoms with Gasteiger partial charge in [0.15, 0.2) is 0 Å². The van der Waals surface area contributed by atoms with Crippen LogP contribution in [0.4, 0.5) is 8.78 Å². The Hall–Kier alpha value is 0.270. The van der Waals surface area contributed by atoms with Crippen molar-refractivity contribution < 1.29 is 13.5 Å². The second-order valence-electron chi connectivity index (χ2n) is 2.14. The highest BCUT2D eigenvalue weighted by atomic mass is 127. The van der Waals surface area contributed by atoms with Crippen LogP contribution in [-0.2, 0) is 0 Å². The summed E-state index contributed by atoms with van der Waals surface area (Å²) in [6, 6.07) is 0. The highest BCUT2D eigenvalue weighted by Crippen LogP contribution is 2.32. The van der Waals surface area contributed by atoms with Crippen LogP contribution in [0.3, 0.4) is 0 Å². The lowest BCUT2D eigenvalue weighted by Crippen LogP contribution is -1.99. The van der Waals surface area contributed by atoms with Crippen LogP contribution in [0.25, 0.3) is 0 Å². The first-order valence-corrected chi connectivity index (χ1v) is 5.39. The summed E-state index contributed by atoms with van der Waals surface area (Å²) in [5, 5.41) is 0. The highest BCUT2D eigenvalue weighted by Gasteiger charge is 2.18. The lowest BCUT2D eigenvalue weighted by atomic mass is 10.3. The molecule has 0 atom stereocenters. The number of hydrogen-bond acceptors (Lipinski definition) is 2. The minimum atomic E-state index is -2.56. The van der Waals surface area contributed by atoms with Gasteiger partial charge in [0.05, 0.1) is 14.3 Å². The molecule has 0 aliphatic carbocycles. The number of alkyl halides is 2. The van der Waals surface area contributed by atoms with Gasteiger partial charge in [-0.05, 0) is 45.2 Å². The van der Waals surface area contributed by atoms with E-state index in [4.69, 9.17) is 4.74 Å². The van der Waals surface area contributed by atoms with E-state index in [-0.39, 0.29) is 5.69 Å². The van der Waals surface area contributed by atoms with Crippen molar-refractivity contribution in [2.75, 3.05) is 7.11 Å². The maximum atomic E-state index is 12.4. The Morgan fingerprint density at radius 3 is 2.54 bits per heavy atom. The molecule has 0 saturated carbocycles. The van der Waals surface area contributed by atoms with Crippen molar-refractivity contribution in [1.82, 2.24) is 4.98 Å². The molecule has 0 radical (unpaired) electrons. The fourth-order valence-electron chi connectivity index (χ4n) is 0.802. The number of aromatic nitrogens is 1. The van der Waals surface area contributed by atoms with Gasteiger partial charge in [0.2, 0.25) is 0 Å². The fraction of sp³-hybridized carbons (Fsp3) is 0.286. The summed E-state index contributed by atoms with van der Waals surface area (Å²) in [6.07, 6.45) is -1.18. The molecule has 2 nitrogen and oxygen atoms in total. The summed E-state index contributed by atoms with van der Waals surface area (Å²) in [5.74, 6) is 0.464. The molecule has 0 N–H and O–H groups in total. The number of rotatable bonds is 2. The van der Waals surface area contributed by atoms with Gasteiger partial charge >= 0.3 is 0 Å². The van der Waals surface area contributed by atoms with Gasteiger partial charge in [0, 0.05) is 6.20 Å². The Balaban J connectivity index is 3.27. The molecule has 0 aliphatic rings. The molecule has 0 unspecified atom stereocenters. The van der Waals surface area contributed by atoms with E-state index in [2.05, 4.69) is 4.98 Å². The SMILES string of the molecule is COc1c(I)cnc(C(F)F)c1I. The second kappa shape index (κ2) is 4.67. The number of pyridine rings is 1. The van der Waals surface area contributed by atoms with Crippen LogP contribution in [-0.4, -0.2) is 12.1 Å². The molecule has 0 aliphatic heterocycles. The third kappa shape index (κ3) is 2.39. The Kier molecular flexibility index (Phi) is 4.07. The van der Waals surface area contributed by atoms with Gasteiger partial charge in [0.25, 0.3) is 6.43 Å². The lowest BCUT2D eigenvalue weighted by Gasteiger charge is -2.08. The summed E-state index contributed by atoms with van der Waals surface area (Å²) in [7, 11) is 1.45. The van der Waals surface area contributed by atoms with Gasteiger partial charge in [0.1, 0.15) is 11.4 Å². The minimum Gasteiger partial charge on any atom is -0.494 e. The van der Waals surface area contributed by atoms with E-state index in [1.165, 1.54) is 13.3 Å². The van der Waals surface area contributed by atoms with Crippen LogP contribution in [0.2, 0.25) is 0 Å². The van der Waals surface area contributed by atoms with Gasteiger partial charge in [-0.1, -0.05) is 0 Å². The zero-order chi connectivity index (χ0) is 10.0. The maximum absolute atomic E-state index is 12.4. The van der Waals surface area contributed by atoms with E-state index in [0.717, 1.165) is 3.57 Å². The third-order valence-electron chi connectivity index (χ3n) is 1.37. The van der Waals surface area contributed by atoms with Crippen molar-refractivity contribution in [2.24, 2.45) is 0 Å². The quantitative estimate of drug-likeness (QED) is 0.698. The van der Waals surface area contributed by atoms with Gasteiger partial charge in [-0.2, -0.15) is 0 Å². The predicted molar refractivity (Wildman–Crippen MR) is 61.2 cm³/mol. The molecule has 1 aromatic heterocycles. The van der Waals surface area contributed by atoms with E-state index >= 15 is 0 Å². The molecule has 0 aromatic carbocycles. The Morgan fingerprint density at radius 2 is 2.08 bits per heavy atom. The molecule has 1 aromatic rings. The average molecular weight is 411 g/mol. The van der Waals surface area contributed by atoms with Crippen molar-refractivity contribution in [3.05, 3.63) is 19.0 Å². The van der Waals surface area contributed by atoms with Crippen LogP contribution in [0.5, 0.6) is 5.75 Å². The monoisotopic (exact) mass is 411 g/mol. The van der Waals surface area contributed by atoms with Gasteiger partial charge in [-0.3, -0.25) is 4.98 Å². The highest BCUT2D eigenvalue weighted by molar-refractivity contribution is 14.1. The van der Waals surface area contributed by atoms with Crippen LogP contribution in [0, 0.1) is 7.14 Å². The van der Waals surface area contributed by atoms with Crippen molar-refractivity contribution in [3.63, 3.8) is 0 Å². The van der Waals surface area contributed by atoms with Gasteiger partial charge < -0.3 is 4.74 Å². The van der Waals surface area contributed by atoms with Gasteiger partial charge in [-0.25, -0.2) is 8.78 Å². The van der Waals surface area contributed by atoms with Crippen LogP contribution >= 0.6 is 45.2 Å². The first-order chi connectivity index (χ1) is 6.07. The van der Waals surface area contributed by atoms with Crippen molar-refractivity contribution >= 4 is 45.2 Å². The third-order valence-corrected chi connectivity index (χ3v) is 3.18. The van der Waals surface area contributed by atoms with E-state index in [1.807, 2.05) is 45.2 Å². The summed E-state index contributed by atoms with van der Waals surface area (Å²) in [5.41, 5.74) is -0.224. The molecule has 1 heterocycles. The molecule has 13 heavy (non-hydrogen) atoms. The molecular weight excluding hydrogens is 406 g/mol. The van der Waals surface area contributed by atoms with E-state index < -0.39 is 6.43 Å². The molecule has 0 saturated heterocycles. The molecule has 0 amide bonds. The second-order valence-corrected chi connectivity index (χ2v) is 4.38. The minimum absolute atomic E-state index is 0.224. The Labute approximate surface area is 101 Å². The topological polar surface area (TPSA) is 22.1 Å². The molecule has 72 valence electrons. The summed E-state index contributed by atoms with van der Waals surface area (Å²) >= 11 is 3.80. The smallest absolute Gasteiger partial charge is 0.281 e. The maximum Gasteiger partial charge on any atom is 0.281 e. The largest absolute Gasteiger partial charge is 0.494 e. The number of ether oxygens (including phenoxy) is 1. The standard InChI is InChI=1S/C7H5F2I2NO/c1-13-6-3(10)2-12-5(4(6)11)7(8)9/h2,7H,1H3. The lowest BCUT2D eigenvalue weighted by molar-refractivity contribution is 0.144. The first kappa shape index (κ1) is 11.3. The number of hydrogen-bond donors (Lipinski definition) is 0. The molecule has 0 spiro atoms. The zero-order valence-electron chi connectivity index (χ0n) is 6.52. The van der Waals surface area contributed by atoms with Crippen LogP contribution in [0.1, 0.15) is 12.1 Å². The molecule has 0 bridgehead atoms. The Morgan fingerprint density at radius 1 is 1.46 bits per heavy atom. The number of halogens is 4. The molecule has 6 heteroatoms. The first-order valence-electron chi connectivity index (χ1n) is 3.24. The van der Waals surface area contributed by atoms with Crippen molar-refractivity contribution in [3.8, 4) is 5.75 Å². The normalized spacial score (nSPS) is 10.6. The molecule has 0 fully saturated rings. The van der Waals surface area contributed by atoms with Crippen LogP contribution in [0.15, 0.2) is 6.20 Å². The molecule has 1 rings (SSSR count). The zero-order valence-corrected chi connectivity index (χ0v) is 10.8. The van der Waals surface area contributed by atoms with Crippen molar-refractivity contribution in [2.45, 2.75) is 6.43 Å². The number of methoxy groups -OCH3 is 1. The van der Waals surface area contributed by atoms with Gasteiger partial charge in [-0.15, -0.1) is 0 Å². The fourth-order valence-corrected chi connectivity index (χ4v) is 2.83.